The molecule has 0 aliphatic carbocycles. The number of carboxylic acid groups (broad SMARTS) is 1. The number of rotatable bonds is 4. The third-order valence-corrected chi connectivity index (χ3v) is 2.48. The highest BCUT2D eigenvalue weighted by Gasteiger charge is 2.13. The van der Waals surface area contributed by atoms with E-state index >= 15 is 0 Å². The van der Waals surface area contributed by atoms with Gasteiger partial charge in [-0.15, -0.1) is 0 Å². The largest absolute Gasteiger partial charge is 0.481 e. The zero-order chi connectivity index (χ0) is 13.7. The maximum Gasteiger partial charge on any atom is 0.319 e. The molecule has 3 N–H and O–H groups in total. The van der Waals surface area contributed by atoms with Gasteiger partial charge in [-0.05, 0) is 12.1 Å². The van der Waals surface area contributed by atoms with Gasteiger partial charge in [-0.1, -0.05) is 24.6 Å². The predicted octanol–water partition coefficient (Wildman–Crippen LogP) is 2.32. The smallest absolute Gasteiger partial charge is 0.319 e. The lowest BCUT2D eigenvalue weighted by Crippen LogP contribution is -2.34. The quantitative estimate of drug-likeness (QED) is 0.788. The monoisotopic (exact) mass is 274 g/mol. The first-order chi connectivity index (χ1) is 8.41. The molecule has 0 aliphatic rings. The Bertz CT molecular complexity index is 468. The van der Waals surface area contributed by atoms with Crippen LogP contribution in [-0.2, 0) is 4.79 Å². The van der Waals surface area contributed by atoms with Crippen LogP contribution in [0.1, 0.15) is 6.92 Å². The lowest BCUT2D eigenvalue weighted by atomic mass is 10.2. The molecule has 1 unspecified atom stereocenters. The lowest BCUT2D eigenvalue weighted by Gasteiger charge is -2.10. The van der Waals surface area contributed by atoms with Gasteiger partial charge < -0.3 is 15.7 Å². The second-order valence-electron chi connectivity index (χ2n) is 3.68. The molecule has 1 aromatic carbocycles. The average molecular weight is 275 g/mol. The van der Waals surface area contributed by atoms with Gasteiger partial charge in [-0.25, -0.2) is 9.18 Å². The number of carbonyl (C=O) groups is 2. The van der Waals surface area contributed by atoms with E-state index in [4.69, 9.17) is 16.7 Å². The van der Waals surface area contributed by atoms with Crippen molar-refractivity contribution in [2.75, 3.05) is 11.9 Å². The number of amides is 2. The first kappa shape index (κ1) is 14.2. The summed E-state index contributed by atoms with van der Waals surface area (Å²) in [6, 6.07) is 3.50. The molecule has 5 nitrogen and oxygen atoms in total. The van der Waals surface area contributed by atoms with E-state index in [0.29, 0.717) is 0 Å². The van der Waals surface area contributed by atoms with Crippen molar-refractivity contribution in [2.24, 2.45) is 5.92 Å². The van der Waals surface area contributed by atoms with Crippen molar-refractivity contribution in [1.82, 2.24) is 5.32 Å². The molecular formula is C11H12ClFN2O3. The van der Waals surface area contributed by atoms with Crippen LogP contribution in [0.25, 0.3) is 0 Å². The standard InChI is InChI=1S/C11H12ClFN2O3/c1-6(10(16)17)5-14-11(18)15-8-4-2-3-7(12)9(8)13/h2-4,6H,5H2,1H3,(H,16,17)(H2,14,15,18). The minimum Gasteiger partial charge on any atom is -0.481 e. The minimum atomic E-state index is -1.02. The Morgan fingerprint density at radius 3 is 2.78 bits per heavy atom. The molecule has 0 heterocycles. The van der Waals surface area contributed by atoms with Crippen LogP contribution in [0.15, 0.2) is 18.2 Å². The SMILES string of the molecule is CC(CNC(=O)Nc1cccc(Cl)c1F)C(=O)O. The fourth-order valence-electron chi connectivity index (χ4n) is 1.10. The van der Waals surface area contributed by atoms with Crippen LogP contribution >= 0.6 is 11.6 Å². The summed E-state index contributed by atoms with van der Waals surface area (Å²) in [5.41, 5.74) is -0.0667. The van der Waals surface area contributed by atoms with Crippen LogP contribution in [-0.4, -0.2) is 23.7 Å². The molecule has 2 amide bonds. The highest BCUT2D eigenvalue weighted by molar-refractivity contribution is 6.31. The van der Waals surface area contributed by atoms with Gasteiger partial charge in [0.05, 0.1) is 16.6 Å². The predicted molar refractivity (Wildman–Crippen MR) is 65.2 cm³/mol. The molecule has 0 spiro atoms. The molecule has 1 aromatic rings. The van der Waals surface area contributed by atoms with Gasteiger partial charge in [-0.2, -0.15) is 0 Å². The van der Waals surface area contributed by atoms with E-state index in [9.17, 15) is 14.0 Å². The van der Waals surface area contributed by atoms with Crippen molar-refractivity contribution in [3.05, 3.63) is 29.0 Å². The molecule has 1 rings (SSSR count). The second kappa shape index (κ2) is 6.20. The van der Waals surface area contributed by atoms with Gasteiger partial charge in [0.1, 0.15) is 0 Å². The number of benzene rings is 1. The van der Waals surface area contributed by atoms with Crippen LogP contribution < -0.4 is 10.6 Å². The first-order valence-corrected chi connectivity index (χ1v) is 5.51. The summed E-state index contributed by atoms with van der Waals surface area (Å²) in [5, 5.41) is 13.1. The summed E-state index contributed by atoms with van der Waals surface area (Å²) < 4.78 is 13.4. The molecule has 0 saturated heterocycles. The summed E-state index contributed by atoms with van der Waals surface area (Å²) in [5.74, 6) is -2.48. The summed E-state index contributed by atoms with van der Waals surface area (Å²) in [4.78, 5) is 21.9. The Kier molecular flexibility index (Phi) is 4.91. The van der Waals surface area contributed by atoms with Crippen molar-refractivity contribution in [2.45, 2.75) is 6.92 Å². The van der Waals surface area contributed by atoms with Crippen molar-refractivity contribution in [3.63, 3.8) is 0 Å². The Labute approximate surface area is 108 Å². The molecule has 0 fully saturated rings. The van der Waals surface area contributed by atoms with Gasteiger partial charge in [0.2, 0.25) is 0 Å². The number of carbonyl (C=O) groups excluding carboxylic acids is 1. The van der Waals surface area contributed by atoms with Gasteiger partial charge in [0.25, 0.3) is 0 Å². The number of hydrogen-bond donors (Lipinski definition) is 3. The lowest BCUT2D eigenvalue weighted by molar-refractivity contribution is -0.140. The zero-order valence-electron chi connectivity index (χ0n) is 9.54. The van der Waals surface area contributed by atoms with Crippen LogP contribution in [0.5, 0.6) is 0 Å². The van der Waals surface area contributed by atoms with E-state index in [-0.39, 0.29) is 17.3 Å². The molecule has 0 aliphatic heterocycles. The summed E-state index contributed by atoms with van der Waals surface area (Å²) in [6.07, 6.45) is 0. The Balaban J connectivity index is 2.55. The minimum absolute atomic E-state index is 0.0522. The van der Waals surface area contributed by atoms with Crippen molar-refractivity contribution >= 4 is 29.3 Å². The van der Waals surface area contributed by atoms with Crippen LogP contribution in [0.2, 0.25) is 5.02 Å². The van der Waals surface area contributed by atoms with Crippen molar-refractivity contribution < 1.29 is 19.1 Å². The topological polar surface area (TPSA) is 78.4 Å². The van der Waals surface area contributed by atoms with E-state index in [1.807, 2.05) is 0 Å². The third kappa shape index (κ3) is 3.89. The second-order valence-corrected chi connectivity index (χ2v) is 4.08. The Morgan fingerprint density at radius 1 is 1.50 bits per heavy atom. The molecule has 18 heavy (non-hydrogen) atoms. The fourth-order valence-corrected chi connectivity index (χ4v) is 1.27. The normalized spacial score (nSPS) is 11.7. The van der Waals surface area contributed by atoms with E-state index < -0.39 is 23.7 Å². The Morgan fingerprint density at radius 2 is 2.17 bits per heavy atom. The van der Waals surface area contributed by atoms with Crippen molar-refractivity contribution in [3.8, 4) is 0 Å². The number of hydrogen-bond acceptors (Lipinski definition) is 2. The third-order valence-electron chi connectivity index (χ3n) is 2.19. The first-order valence-electron chi connectivity index (χ1n) is 5.13. The van der Waals surface area contributed by atoms with Gasteiger partial charge in [-0.3, -0.25) is 4.79 Å². The van der Waals surface area contributed by atoms with E-state index in [1.54, 1.807) is 0 Å². The molecule has 1 atom stereocenters. The van der Waals surface area contributed by atoms with Crippen LogP contribution in [0, 0.1) is 11.7 Å². The summed E-state index contributed by atoms with van der Waals surface area (Å²) >= 11 is 5.54. The molecule has 0 radical (unpaired) electrons. The molecule has 7 heteroatoms. The highest BCUT2D eigenvalue weighted by Crippen LogP contribution is 2.21. The van der Waals surface area contributed by atoms with E-state index in [0.717, 1.165) is 0 Å². The van der Waals surface area contributed by atoms with E-state index in [2.05, 4.69) is 10.6 Å². The number of carboxylic acids is 1. The van der Waals surface area contributed by atoms with Gasteiger partial charge in [0.15, 0.2) is 5.82 Å². The average Bonchev–Trinajstić information content (AvgIpc) is 2.32. The van der Waals surface area contributed by atoms with Gasteiger partial charge in [0, 0.05) is 6.54 Å². The molecule has 98 valence electrons. The Hall–Kier alpha value is -1.82. The number of nitrogens with one attached hydrogen (secondary N) is 2. The fraction of sp³-hybridized carbons (Fsp3) is 0.273. The zero-order valence-corrected chi connectivity index (χ0v) is 10.3. The highest BCUT2D eigenvalue weighted by atomic mass is 35.5. The maximum absolute atomic E-state index is 13.4. The number of anilines is 1. The number of halogens is 2. The maximum atomic E-state index is 13.4. The van der Waals surface area contributed by atoms with Gasteiger partial charge >= 0.3 is 12.0 Å². The van der Waals surface area contributed by atoms with E-state index in [1.165, 1.54) is 25.1 Å². The van der Waals surface area contributed by atoms with Crippen LogP contribution in [0.4, 0.5) is 14.9 Å². The molecule has 0 bridgehead atoms. The summed E-state index contributed by atoms with van der Waals surface area (Å²) in [6.45, 7) is 1.39. The number of aliphatic carboxylic acids is 1. The molecule has 0 saturated carbocycles. The summed E-state index contributed by atoms with van der Waals surface area (Å²) in [7, 11) is 0. The molecule has 0 aromatic heterocycles. The van der Waals surface area contributed by atoms with Crippen molar-refractivity contribution in [1.29, 1.82) is 0 Å². The number of urea groups is 1. The van der Waals surface area contributed by atoms with Crippen LogP contribution in [0.3, 0.4) is 0 Å². The molecular weight excluding hydrogens is 263 g/mol.